The predicted molar refractivity (Wildman–Crippen MR) is 112 cm³/mol. The Balaban J connectivity index is 1.81. The molecule has 0 saturated carbocycles. The molecule has 1 aliphatic rings. The van der Waals surface area contributed by atoms with E-state index in [1.54, 1.807) is 0 Å². The van der Waals surface area contributed by atoms with Gasteiger partial charge in [0.15, 0.2) is 0 Å². The quantitative estimate of drug-likeness (QED) is 0.397. The predicted octanol–water partition coefficient (Wildman–Crippen LogP) is 6.58. The van der Waals surface area contributed by atoms with Crippen molar-refractivity contribution < 1.29 is 4.74 Å². The van der Waals surface area contributed by atoms with Crippen LogP contribution in [0.1, 0.15) is 23.6 Å². The van der Waals surface area contributed by atoms with Gasteiger partial charge in [-0.3, -0.25) is 0 Å². The largest absolute Gasteiger partial charge is 0.456 e. The molecular weight excluding hydrogens is 328 g/mol. The molecule has 1 unspecified atom stereocenters. The Hall–Kier alpha value is -3.32. The highest BCUT2D eigenvalue weighted by molar-refractivity contribution is 5.92. The Labute approximate surface area is 159 Å². The zero-order chi connectivity index (χ0) is 18.3. The van der Waals surface area contributed by atoms with Crippen LogP contribution in [0.2, 0.25) is 0 Å². The van der Waals surface area contributed by atoms with Gasteiger partial charge in [-0.25, -0.2) is 0 Å². The smallest absolute Gasteiger partial charge is 0.139 e. The van der Waals surface area contributed by atoms with E-state index in [1.807, 2.05) is 6.07 Å². The topological polar surface area (TPSA) is 9.23 Å². The number of allylic oxidation sites excluding steroid dienone is 1. The van der Waals surface area contributed by atoms with Crippen LogP contribution in [0.4, 0.5) is 0 Å². The fraction of sp³-hybridized carbons (Fsp3) is 0.0769. The molecule has 0 radical (unpaired) electrons. The molecule has 0 N–H and O–H groups in total. The van der Waals surface area contributed by atoms with Crippen molar-refractivity contribution in [1.29, 1.82) is 0 Å². The molecule has 4 aromatic rings. The van der Waals surface area contributed by atoms with E-state index in [0.29, 0.717) is 0 Å². The Morgan fingerprint density at radius 1 is 0.667 bits per heavy atom. The van der Waals surface area contributed by atoms with Crippen molar-refractivity contribution >= 4 is 16.5 Å². The molecule has 0 spiro atoms. The third kappa shape index (κ3) is 2.55. The summed E-state index contributed by atoms with van der Waals surface area (Å²) in [7, 11) is 0. The summed E-state index contributed by atoms with van der Waals surface area (Å²) in [6.07, 6.45) is 2.26. The number of fused-ring (bicyclic) bond motifs is 3. The number of ether oxygens (including phenoxy) is 1. The molecule has 1 atom stereocenters. The van der Waals surface area contributed by atoms with Crippen molar-refractivity contribution in [3.05, 3.63) is 120 Å². The summed E-state index contributed by atoms with van der Waals surface area (Å²) in [5.74, 6) is 1.87. The molecule has 1 aliphatic heterocycles. The van der Waals surface area contributed by atoms with Crippen LogP contribution >= 0.6 is 0 Å². The second kappa shape index (κ2) is 6.14. The fourth-order valence-electron chi connectivity index (χ4n) is 4.01. The molecule has 1 heterocycles. The van der Waals surface area contributed by atoms with Crippen LogP contribution in [0.3, 0.4) is 0 Å². The van der Waals surface area contributed by atoms with Crippen LogP contribution < -0.4 is 4.74 Å². The summed E-state index contributed by atoms with van der Waals surface area (Å²) >= 11 is 0. The van der Waals surface area contributed by atoms with Crippen molar-refractivity contribution in [2.45, 2.75) is 12.3 Å². The van der Waals surface area contributed by atoms with Crippen LogP contribution in [0.5, 0.6) is 5.75 Å². The third-order valence-electron chi connectivity index (χ3n) is 5.50. The second-order valence-electron chi connectivity index (χ2n) is 7.21. The molecule has 5 rings (SSSR count). The van der Waals surface area contributed by atoms with Crippen LogP contribution in [0.15, 0.2) is 103 Å². The molecule has 0 aliphatic carbocycles. The van der Waals surface area contributed by atoms with E-state index in [9.17, 15) is 0 Å². The monoisotopic (exact) mass is 348 g/mol. The zero-order valence-corrected chi connectivity index (χ0v) is 15.2. The van der Waals surface area contributed by atoms with Crippen molar-refractivity contribution in [1.82, 2.24) is 0 Å². The summed E-state index contributed by atoms with van der Waals surface area (Å²) in [6.45, 7) is 2.28. The highest BCUT2D eigenvalue weighted by atomic mass is 16.5. The highest BCUT2D eigenvalue weighted by Gasteiger charge is 2.35. The van der Waals surface area contributed by atoms with Crippen LogP contribution in [0, 0.1) is 0 Å². The summed E-state index contributed by atoms with van der Waals surface area (Å²) in [6, 6.07) is 33.9. The Bertz CT molecular complexity index is 1140. The van der Waals surface area contributed by atoms with E-state index >= 15 is 0 Å². The first-order valence-electron chi connectivity index (χ1n) is 9.29. The van der Waals surface area contributed by atoms with Gasteiger partial charge in [0, 0.05) is 21.9 Å². The standard InChI is InChI=1S/C26H20O/c1-26(21-13-6-3-7-14-21)18-24(20-11-4-2-5-12-20)27-25-22-15-9-8-10-19(22)16-17-23(25)26/h2-18H,1H3. The van der Waals surface area contributed by atoms with Gasteiger partial charge in [0.2, 0.25) is 0 Å². The average molecular weight is 348 g/mol. The van der Waals surface area contributed by atoms with E-state index in [4.69, 9.17) is 4.74 Å². The molecule has 0 amide bonds. The van der Waals surface area contributed by atoms with Crippen molar-refractivity contribution in [3.8, 4) is 5.75 Å². The fourth-order valence-corrected chi connectivity index (χ4v) is 4.01. The number of benzene rings is 4. The molecule has 0 bridgehead atoms. The first-order chi connectivity index (χ1) is 13.3. The van der Waals surface area contributed by atoms with Gasteiger partial charge < -0.3 is 4.74 Å². The minimum absolute atomic E-state index is 0.260. The summed E-state index contributed by atoms with van der Waals surface area (Å²) in [4.78, 5) is 0. The minimum atomic E-state index is -0.260. The highest BCUT2D eigenvalue weighted by Crippen LogP contribution is 2.48. The first kappa shape index (κ1) is 15.9. The second-order valence-corrected chi connectivity index (χ2v) is 7.21. The minimum Gasteiger partial charge on any atom is -0.456 e. The van der Waals surface area contributed by atoms with Gasteiger partial charge >= 0.3 is 0 Å². The van der Waals surface area contributed by atoms with E-state index in [0.717, 1.165) is 22.5 Å². The van der Waals surface area contributed by atoms with E-state index in [2.05, 4.69) is 104 Å². The molecule has 1 nitrogen and oxygen atoms in total. The molecule has 0 aromatic heterocycles. The lowest BCUT2D eigenvalue weighted by molar-refractivity contribution is 0.475. The molecule has 0 saturated heterocycles. The van der Waals surface area contributed by atoms with E-state index in [-0.39, 0.29) is 5.41 Å². The lowest BCUT2D eigenvalue weighted by atomic mass is 9.73. The first-order valence-corrected chi connectivity index (χ1v) is 9.29. The van der Waals surface area contributed by atoms with Gasteiger partial charge in [-0.05, 0) is 23.9 Å². The number of hydrogen-bond acceptors (Lipinski definition) is 1. The van der Waals surface area contributed by atoms with Crippen LogP contribution in [-0.2, 0) is 5.41 Å². The normalized spacial score (nSPS) is 18.5. The maximum atomic E-state index is 6.51. The number of rotatable bonds is 2. The number of hydrogen-bond donors (Lipinski definition) is 0. The van der Waals surface area contributed by atoms with Crippen molar-refractivity contribution in [2.75, 3.05) is 0 Å². The van der Waals surface area contributed by atoms with Crippen molar-refractivity contribution in [2.24, 2.45) is 0 Å². The lowest BCUT2D eigenvalue weighted by Gasteiger charge is -2.35. The van der Waals surface area contributed by atoms with Crippen LogP contribution in [0.25, 0.3) is 16.5 Å². The Kier molecular flexibility index (Phi) is 3.61. The van der Waals surface area contributed by atoms with Gasteiger partial charge in [0.25, 0.3) is 0 Å². The molecule has 130 valence electrons. The Morgan fingerprint density at radius 3 is 2.11 bits per heavy atom. The zero-order valence-electron chi connectivity index (χ0n) is 15.2. The Morgan fingerprint density at radius 2 is 1.33 bits per heavy atom. The van der Waals surface area contributed by atoms with E-state index in [1.165, 1.54) is 16.5 Å². The van der Waals surface area contributed by atoms with Gasteiger partial charge in [-0.1, -0.05) is 97.1 Å². The molecule has 1 heteroatoms. The lowest BCUT2D eigenvalue weighted by Crippen LogP contribution is -2.26. The van der Waals surface area contributed by atoms with E-state index < -0.39 is 0 Å². The molecule has 4 aromatic carbocycles. The maximum absolute atomic E-state index is 6.51. The molecular formula is C26H20O. The summed E-state index contributed by atoms with van der Waals surface area (Å²) in [5.41, 5.74) is 3.30. The van der Waals surface area contributed by atoms with Gasteiger partial charge in [-0.15, -0.1) is 0 Å². The third-order valence-corrected chi connectivity index (χ3v) is 5.50. The maximum Gasteiger partial charge on any atom is 0.139 e. The van der Waals surface area contributed by atoms with Gasteiger partial charge in [0.05, 0.1) is 0 Å². The van der Waals surface area contributed by atoms with Gasteiger partial charge in [0.1, 0.15) is 11.5 Å². The van der Waals surface area contributed by atoms with Crippen molar-refractivity contribution in [3.63, 3.8) is 0 Å². The molecule has 0 fully saturated rings. The van der Waals surface area contributed by atoms with Gasteiger partial charge in [-0.2, -0.15) is 0 Å². The SMILES string of the molecule is CC1(c2ccccc2)C=C(c2ccccc2)Oc2c1ccc1ccccc21. The average Bonchev–Trinajstić information content (AvgIpc) is 2.75. The molecule has 27 heavy (non-hydrogen) atoms. The summed E-state index contributed by atoms with van der Waals surface area (Å²) < 4.78 is 6.51. The summed E-state index contributed by atoms with van der Waals surface area (Å²) in [5, 5.41) is 2.35. The van der Waals surface area contributed by atoms with Crippen LogP contribution in [-0.4, -0.2) is 0 Å².